The minimum atomic E-state index is 0.432. The predicted molar refractivity (Wildman–Crippen MR) is 100 cm³/mol. The maximum atomic E-state index is 6.03. The molecule has 0 N–H and O–H groups in total. The molecule has 4 nitrogen and oxygen atoms in total. The van der Waals surface area contributed by atoms with Crippen molar-refractivity contribution in [1.82, 2.24) is 14.8 Å². The summed E-state index contributed by atoms with van der Waals surface area (Å²) in [6.45, 7) is 6.75. The zero-order valence-electron chi connectivity index (χ0n) is 15.7. The highest BCUT2D eigenvalue weighted by Gasteiger charge is 2.49. The number of piperidine rings is 1. The molecule has 1 aromatic rings. The van der Waals surface area contributed by atoms with Gasteiger partial charge in [-0.3, -0.25) is 14.8 Å². The Morgan fingerprint density at radius 1 is 1.12 bits per heavy atom. The molecular formula is C21H33N3O. The van der Waals surface area contributed by atoms with E-state index in [1.165, 1.54) is 70.3 Å². The second-order valence-electron chi connectivity index (χ2n) is 8.70. The second kappa shape index (κ2) is 7.73. The number of aromatic nitrogens is 1. The summed E-state index contributed by atoms with van der Waals surface area (Å²) in [7, 11) is 2.33. The molecule has 2 aliphatic heterocycles. The number of likely N-dealkylation sites (tertiary alicyclic amines) is 2. The lowest BCUT2D eigenvalue weighted by molar-refractivity contribution is -0.0942. The minimum absolute atomic E-state index is 0.432. The minimum Gasteiger partial charge on any atom is -0.376 e. The predicted octanol–water partition coefficient (Wildman–Crippen LogP) is 3.18. The van der Waals surface area contributed by atoms with Crippen LogP contribution in [0.25, 0.3) is 0 Å². The van der Waals surface area contributed by atoms with Gasteiger partial charge in [-0.2, -0.15) is 0 Å². The molecule has 1 aliphatic carbocycles. The van der Waals surface area contributed by atoms with Crippen LogP contribution in [0.5, 0.6) is 0 Å². The highest BCUT2D eigenvalue weighted by molar-refractivity contribution is 5.08. The van der Waals surface area contributed by atoms with E-state index in [1.54, 1.807) is 0 Å². The van der Waals surface area contributed by atoms with Crippen molar-refractivity contribution in [1.29, 1.82) is 0 Å². The number of pyridine rings is 1. The van der Waals surface area contributed by atoms with E-state index in [2.05, 4.69) is 21.8 Å². The topological polar surface area (TPSA) is 28.6 Å². The van der Waals surface area contributed by atoms with Gasteiger partial charge in [0.2, 0.25) is 0 Å². The van der Waals surface area contributed by atoms with Crippen LogP contribution in [0.15, 0.2) is 24.5 Å². The fourth-order valence-corrected chi connectivity index (χ4v) is 5.22. The van der Waals surface area contributed by atoms with Crippen LogP contribution in [-0.4, -0.2) is 60.2 Å². The molecule has 2 saturated heterocycles. The molecule has 1 aromatic heterocycles. The number of ether oxygens (including phenoxy) is 1. The quantitative estimate of drug-likeness (QED) is 0.793. The zero-order chi connectivity index (χ0) is 17.1. The number of hydrogen-bond acceptors (Lipinski definition) is 4. The van der Waals surface area contributed by atoms with Crippen molar-refractivity contribution in [2.24, 2.45) is 11.8 Å². The summed E-state index contributed by atoms with van der Waals surface area (Å²) in [6.07, 6.45) is 12.1. The summed E-state index contributed by atoms with van der Waals surface area (Å²) in [4.78, 5) is 9.42. The van der Waals surface area contributed by atoms with Crippen LogP contribution in [0.3, 0.4) is 0 Å². The molecule has 1 atom stereocenters. The molecule has 25 heavy (non-hydrogen) atoms. The van der Waals surface area contributed by atoms with Gasteiger partial charge < -0.3 is 4.74 Å². The maximum Gasteiger partial charge on any atom is 0.0718 e. The molecule has 1 saturated carbocycles. The van der Waals surface area contributed by atoms with Crippen molar-refractivity contribution in [3.05, 3.63) is 30.1 Å². The summed E-state index contributed by atoms with van der Waals surface area (Å²) in [6, 6.07) is 4.09. The zero-order valence-corrected chi connectivity index (χ0v) is 15.7. The summed E-state index contributed by atoms with van der Waals surface area (Å²) in [5.41, 5.74) is 1.66. The Hall–Kier alpha value is -0.970. The first-order valence-electron chi connectivity index (χ1n) is 10.1. The van der Waals surface area contributed by atoms with Crippen molar-refractivity contribution in [3.8, 4) is 0 Å². The van der Waals surface area contributed by atoms with Gasteiger partial charge in [0.15, 0.2) is 0 Å². The fourth-order valence-electron chi connectivity index (χ4n) is 5.22. The Kier molecular flexibility index (Phi) is 5.39. The summed E-state index contributed by atoms with van der Waals surface area (Å²) < 4.78 is 6.03. The van der Waals surface area contributed by atoms with E-state index in [9.17, 15) is 0 Å². The van der Waals surface area contributed by atoms with E-state index in [-0.39, 0.29) is 0 Å². The average molecular weight is 344 g/mol. The van der Waals surface area contributed by atoms with Crippen LogP contribution >= 0.6 is 0 Å². The van der Waals surface area contributed by atoms with E-state index >= 15 is 0 Å². The molecule has 3 fully saturated rings. The third kappa shape index (κ3) is 4.07. The fraction of sp³-hybridized carbons (Fsp3) is 0.762. The molecule has 4 rings (SSSR count). The highest BCUT2D eigenvalue weighted by Crippen LogP contribution is 2.39. The van der Waals surface area contributed by atoms with Gasteiger partial charge >= 0.3 is 0 Å². The Morgan fingerprint density at radius 2 is 1.88 bits per heavy atom. The molecule has 3 aliphatic rings. The van der Waals surface area contributed by atoms with Gasteiger partial charge in [0.25, 0.3) is 0 Å². The standard InChI is InChI=1S/C21H33N3O/c1-23-11-8-20(15-25-14-19-6-9-22-10-7-19)12-21(23)16-24(17-21)13-18-4-2-3-5-18/h6-7,9-10,18,20H,2-5,8,11-17H2,1H3/t20-/m0/s1. The van der Waals surface area contributed by atoms with Crippen LogP contribution < -0.4 is 0 Å². The van der Waals surface area contributed by atoms with Gasteiger partial charge in [-0.1, -0.05) is 12.8 Å². The summed E-state index contributed by atoms with van der Waals surface area (Å²) in [5.74, 6) is 1.69. The summed E-state index contributed by atoms with van der Waals surface area (Å²) >= 11 is 0. The summed E-state index contributed by atoms with van der Waals surface area (Å²) in [5, 5.41) is 0. The number of likely N-dealkylation sites (N-methyl/N-ethyl adjacent to an activating group) is 1. The second-order valence-corrected chi connectivity index (χ2v) is 8.70. The lowest BCUT2D eigenvalue weighted by atomic mass is 9.75. The van der Waals surface area contributed by atoms with E-state index in [0.717, 1.165) is 19.1 Å². The maximum absolute atomic E-state index is 6.03. The van der Waals surface area contributed by atoms with E-state index in [0.29, 0.717) is 11.5 Å². The number of rotatable bonds is 6. The molecule has 0 aromatic carbocycles. The van der Waals surface area contributed by atoms with Gasteiger partial charge in [0, 0.05) is 44.2 Å². The third-order valence-electron chi connectivity index (χ3n) is 6.75. The van der Waals surface area contributed by atoms with E-state index in [4.69, 9.17) is 4.74 Å². The number of hydrogen-bond donors (Lipinski definition) is 0. The monoisotopic (exact) mass is 343 g/mol. The van der Waals surface area contributed by atoms with Crippen LogP contribution in [-0.2, 0) is 11.3 Å². The first-order valence-corrected chi connectivity index (χ1v) is 10.1. The SMILES string of the molecule is CN1CC[C@H](COCc2ccncc2)CC12CN(CC1CCCC1)C2. The molecule has 0 bridgehead atoms. The van der Waals surface area contributed by atoms with Crippen molar-refractivity contribution in [2.75, 3.05) is 39.8 Å². The highest BCUT2D eigenvalue weighted by atomic mass is 16.5. The first kappa shape index (κ1) is 17.4. The van der Waals surface area contributed by atoms with Crippen molar-refractivity contribution in [2.45, 2.75) is 50.7 Å². The lowest BCUT2D eigenvalue weighted by Gasteiger charge is -2.59. The van der Waals surface area contributed by atoms with Crippen LogP contribution in [0, 0.1) is 11.8 Å². The van der Waals surface area contributed by atoms with Gasteiger partial charge in [-0.05, 0) is 68.8 Å². The lowest BCUT2D eigenvalue weighted by Crippen LogP contribution is -2.72. The van der Waals surface area contributed by atoms with Gasteiger partial charge in [0.05, 0.1) is 6.61 Å². The van der Waals surface area contributed by atoms with Crippen LogP contribution in [0.2, 0.25) is 0 Å². The van der Waals surface area contributed by atoms with Crippen molar-refractivity contribution in [3.63, 3.8) is 0 Å². The molecule has 1 spiro atoms. The smallest absolute Gasteiger partial charge is 0.0718 e. The first-order chi connectivity index (χ1) is 12.2. The Bertz CT molecular complexity index is 537. The molecule has 3 heterocycles. The molecular weight excluding hydrogens is 310 g/mol. The van der Waals surface area contributed by atoms with E-state index in [1.807, 2.05) is 24.5 Å². The van der Waals surface area contributed by atoms with Crippen LogP contribution in [0.4, 0.5) is 0 Å². The van der Waals surface area contributed by atoms with Crippen LogP contribution in [0.1, 0.15) is 44.1 Å². The van der Waals surface area contributed by atoms with Gasteiger partial charge in [0.1, 0.15) is 0 Å². The molecule has 0 amide bonds. The normalized spacial score (nSPS) is 27.6. The van der Waals surface area contributed by atoms with Crippen molar-refractivity contribution >= 4 is 0 Å². The Morgan fingerprint density at radius 3 is 2.64 bits per heavy atom. The third-order valence-corrected chi connectivity index (χ3v) is 6.75. The largest absolute Gasteiger partial charge is 0.376 e. The molecule has 0 unspecified atom stereocenters. The molecule has 0 radical (unpaired) electrons. The molecule has 138 valence electrons. The van der Waals surface area contributed by atoms with Crippen molar-refractivity contribution < 1.29 is 4.74 Å². The Balaban J connectivity index is 1.23. The molecule has 4 heteroatoms. The number of nitrogens with zero attached hydrogens (tertiary/aromatic N) is 3. The average Bonchev–Trinajstić information content (AvgIpc) is 3.10. The van der Waals surface area contributed by atoms with Gasteiger partial charge in [-0.15, -0.1) is 0 Å². The van der Waals surface area contributed by atoms with E-state index < -0.39 is 0 Å². The Labute approximate surface area is 152 Å². The van der Waals surface area contributed by atoms with Gasteiger partial charge in [-0.25, -0.2) is 0 Å².